The number of aldehydes is 1. The Hall–Kier alpha value is -2.93. The summed E-state index contributed by atoms with van der Waals surface area (Å²) in [5, 5.41) is 9.88. The first kappa shape index (κ1) is 41.5. The molecule has 0 spiro atoms. The number of unbranched alkanes of at least 4 members (excludes halogenated alkanes) is 8. The Morgan fingerprint density at radius 3 is 1.57 bits per heavy atom. The van der Waals surface area contributed by atoms with E-state index in [2.05, 4.69) is 83.3 Å². The van der Waals surface area contributed by atoms with E-state index in [-0.39, 0.29) is 6.54 Å². The van der Waals surface area contributed by atoms with Crippen LogP contribution in [-0.4, -0.2) is 19.2 Å². The molecule has 1 amide bonds. The fraction of sp³-hybridized carbons (Fsp3) is 0.583. The van der Waals surface area contributed by atoms with Gasteiger partial charge in [-0.25, -0.2) is 0 Å². The monoisotopic (exact) mass is 552 g/mol. The fourth-order valence-electron chi connectivity index (χ4n) is 3.42. The van der Waals surface area contributed by atoms with Gasteiger partial charge in [-0.2, -0.15) is 5.26 Å². The van der Waals surface area contributed by atoms with Crippen LogP contribution in [0.25, 0.3) is 11.1 Å². The number of carbonyl (C=O) groups excluding carboxylic acids is 2. The Kier molecular flexibility index (Phi) is 35.4. The molecule has 0 radical (unpaired) electrons. The number of aryl methyl sites for hydroxylation is 2. The van der Waals surface area contributed by atoms with Crippen molar-refractivity contribution in [1.29, 1.82) is 5.26 Å². The number of benzene rings is 2. The summed E-state index contributed by atoms with van der Waals surface area (Å²) < 4.78 is 0. The van der Waals surface area contributed by atoms with Gasteiger partial charge in [0, 0.05) is 6.42 Å². The van der Waals surface area contributed by atoms with Gasteiger partial charge in [0.05, 0.1) is 6.07 Å². The number of carbonyl (C=O) groups is 2. The predicted octanol–water partition coefficient (Wildman–Crippen LogP) is 10.2. The lowest BCUT2D eigenvalue weighted by atomic mass is 9.98. The van der Waals surface area contributed by atoms with E-state index in [4.69, 9.17) is 5.26 Å². The number of nitrogens with zero attached hydrogens (tertiary/aromatic N) is 1. The van der Waals surface area contributed by atoms with E-state index >= 15 is 0 Å². The van der Waals surface area contributed by atoms with Crippen LogP contribution in [0.15, 0.2) is 42.5 Å². The summed E-state index contributed by atoms with van der Waals surface area (Å²) in [7, 11) is 0. The number of amides is 1. The molecule has 0 aliphatic carbocycles. The summed E-state index contributed by atoms with van der Waals surface area (Å²) in [6.45, 7) is 17.2. The molecule has 1 N–H and O–H groups in total. The maximum Gasteiger partial charge on any atom is 0.207 e. The summed E-state index contributed by atoms with van der Waals surface area (Å²) >= 11 is 0. The van der Waals surface area contributed by atoms with Crippen molar-refractivity contribution in [3.63, 3.8) is 0 Å². The van der Waals surface area contributed by atoms with Crippen LogP contribution in [0.1, 0.15) is 129 Å². The van der Waals surface area contributed by atoms with Crippen LogP contribution < -0.4 is 5.32 Å². The van der Waals surface area contributed by atoms with Crippen molar-refractivity contribution in [2.24, 2.45) is 0 Å². The van der Waals surface area contributed by atoms with E-state index in [1.54, 1.807) is 6.07 Å². The molecule has 2 aromatic rings. The van der Waals surface area contributed by atoms with Gasteiger partial charge in [0.25, 0.3) is 0 Å². The van der Waals surface area contributed by atoms with Gasteiger partial charge in [0.2, 0.25) is 6.41 Å². The van der Waals surface area contributed by atoms with Gasteiger partial charge < -0.3 is 10.1 Å². The van der Waals surface area contributed by atoms with E-state index in [1.165, 1.54) is 86.5 Å². The Bertz CT molecular complexity index is 844. The molecule has 0 saturated carbocycles. The second-order valence-corrected chi connectivity index (χ2v) is 9.34. The zero-order valence-electron chi connectivity index (χ0n) is 27.2. The van der Waals surface area contributed by atoms with Crippen molar-refractivity contribution in [2.75, 3.05) is 6.54 Å². The van der Waals surface area contributed by atoms with Crippen LogP contribution >= 0.6 is 0 Å². The molecule has 2 aromatic carbocycles. The maximum absolute atomic E-state index is 10.6. The van der Waals surface area contributed by atoms with Gasteiger partial charge in [-0.15, -0.1) is 0 Å². The molecule has 4 heteroatoms. The Balaban J connectivity index is -0.000000526. The van der Waals surface area contributed by atoms with E-state index in [0.29, 0.717) is 12.8 Å². The Morgan fingerprint density at radius 1 is 0.725 bits per heavy atom. The van der Waals surface area contributed by atoms with E-state index in [0.717, 1.165) is 18.3 Å². The normalized spacial score (nSPS) is 8.97. The van der Waals surface area contributed by atoms with E-state index < -0.39 is 0 Å². The second kappa shape index (κ2) is 34.1. The van der Waals surface area contributed by atoms with Crippen molar-refractivity contribution in [1.82, 2.24) is 5.32 Å². The zero-order valence-corrected chi connectivity index (χ0v) is 27.2. The van der Waals surface area contributed by atoms with Crippen LogP contribution in [0, 0.1) is 18.3 Å². The minimum absolute atomic E-state index is 0.101. The molecular weight excluding hydrogens is 492 g/mol. The SMILES string of the molecule is CC.CCCC.CCCCCCCCCC.CCc1ccc(-c2ccc(CC=O)c(C)c2)cc1.N#CCNC=O. The van der Waals surface area contributed by atoms with Crippen LogP contribution in [0.2, 0.25) is 0 Å². The molecule has 4 nitrogen and oxygen atoms in total. The molecular formula is C36H60N2O2. The van der Waals surface area contributed by atoms with Crippen molar-refractivity contribution in [3.05, 3.63) is 59.2 Å². The van der Waals surface area contributed by atoms with Crippen molar-refractivity contribution in [2.45, 2.75) is 132 Å². The summed E-state index contributed by atoms with van der Waals surface area (Å²) in [6.07, 6.45) is 17.1. The predicted molar refractivity (Wildman–Crippen MR) is 176 cm³/mol. The third-order valence-electron chi connectivity index (χ3n) is 6.06. The first-order chi connectivity index (χ1) is 19.5. The highest BCUT2D eigenvalue weighted by Crippen LogP contribution is 2.23. The standard InChI is InChI=1S/C17H18O.C10H22.C4H10.C3H4N2O.C2H6/c1-3-14-4-6-16(7-5-14)17-9-8-15(10-11-18)13(2)12-17;1-3-5-7-9-10-8-6-4-2;1-3-4-2;4-1-2-5-3-6;1-2/h4-9,11-12H,3,10H2,1-2H3;3-10H2,1-2H3;3-4H2,1-2H3;3H,2H2,(H,5,6);1-2H3. The maximum atomic E-state index is 10.6. The first-order valence-corrected chi connectivity index (χ1v) is 15.7. The molecule has 0 fully saturated rings. The van der Waals surface area contributed by atoms with Gasteiger partial charge in [0.15, 0.2) is 0 Å². The van der Waals surface area contributed by atoms with Crippen LogP contribution in [-0.2, 0) is 22.4 Å². The van der Waals surface area contributed by atoms with Gasteiger partial charge in [-0.05, 0) is 41.2 Å². The molecule has 0 unspecified atom stereocenters. The van der Waals surface area contributed by atoms with Crippen molar-refractivity contribution in [3.8, 4) is 17.2 Å². The average molecular weight is 553 g/mol. The summed E-state index contributed by atoms with van der Waals surface area (Å²) in [4.78, 5) is 19.9. The minimum atomic E-state index is 0.101. The molecule has 0 saturated heterocycles. The summed E-state index contributed by atoms with van der Waals surface area (Å²) in [5.74, 6) is 0. The largest absolute Gasteiger partial charge is 0.346 e. The number of rotatable bonds is 14. The molecule has 0 bridgehead atoms. The van der Waals surface area contributed by atoms with E-state index in [1.807, 2.05) is 19.9 Å². The highest BCUT2D eigenvalue weighted by Gasteiger charge is 2.02. The molecule has 2 rings (SSSR count). The number of hydrogen-bond donors (Lipinski definition) is 1. The van der Waals surface area contributed by atoms with Gasteiger partial charge in [0.1, 0.15) is 12.8 Å². The number of nitriles is 1. The van der Waals surface area contributed by atoms with Crippen molar-refractivity contribution < 1.29 is 9.59 Å². The topological polar surface area (TPSA) is 70.0 Å². The molecule has 0 aromatic heterocycles. The Labute approximate surface area is 248 Å². The molecule has 226 valence electrons. The summed E-state index contributed by atoms with van der Waals surface area (Å²) in [5.41, 5.74) is 6.09. The molecule has 40 heavy (non-hydrogen) atoms. The smallest absolute Gasteiger partial charge is 0.207 e. The third kappa shape index (κ3) is 25.4. The lowest BCUT2D eigenvalue weighted by Crippen LogP contribution is -2.09. The Morgan fingerprint density at radius 2 is 1.23 bits per heavy atom. The highest BCUT2D eigenvalue weighted by atomic mass is 16.1. The van der Waals surface area contributed by atoms with Crippen LogP contribution in [0.3, 0.4) is 0 Å². The second-order valence-electron chi connectivity index (χ2n) is 9.34. The number of hydrogen-bond acceptors (Lipinski definition) is 3. The lowest BCUT2D eigenvalue weighted by Gasteiger charge is -2.07. The van der Waals surface area contributed by atoms with Gasteiger partial charge in [-0.3, -0.25) is 4.79 Å². The highest BCUT2D eigenvalue weighted by molar-refractivity contribution is 5.66. The van der Waals surface area contributed by atoms with Crippen LogP contribution in [0.5, 0.6) is 0 Å². The average Bonchev–Trinajstić information content (AvgIpc) is 3.01. The van der Waals surface area contributed by atoms with Crippen molar-refractivity contribution >= 4 is 12.7 Å². The number of nitrogens with one attached hydrogen (secondary N) is 1. The first-order valence-electron chi connectivity index (χ1n) is 15.7. The lowest BCUT2D eigenvalue weighted by molar-refractivity contribution is -0.109. The fourth-order valence-corrected chi connectivity index (χ4v) is 3.42. The zero-order chi connectivity index (χ0) is 30.9. The van der Waals surface area contributed by atoms with E-state index in [9.17, 15) is 9.59 Å². The van der Waals surface area contributed by atoms with Gasteiger partial charge in [-0.1, -0.05) is 155 Å². The van der Waals surface area contributed by atoms with Crippen LogP contribution in [0.4, 0.5) is 0 Å². The third-order valence-corrected chi connectivity index (χ3v) is 6.06. The van der Waals surface area contributed by atoms with Gasteiger partial charge >= 0.3 is 0 Å². The molecule has 0 aliphatic heterocycles. The quantitative estimate of drug-likeness (QED) is 0.144. The molecule has 0 aliphatic rings. The molecule has 0 atom stereocenters. The minimum Gasteiger partial charge on any atom is -0.346 e. The summed E-state index contributed by atoms with van der Waals surface area (Å²) in [6, 6.07) is 16.7. The molecule has 0 heterocycles.